The van der Waals surface area contributed by atoms with Crippen molar-refractivity contribution in [3.63, 3.8) is 0 Å². The molecule has 2 aromatic heterocycles. The van der Waals surface area contributed by atoms with Crippen molar-refractivity contribution < 1.29 is 19.0 Å². The number of rotatable bonds is 11. The summed E-state index contributed by atoms with van der Waals surface area (Å²) in [6.07, 6.45) is 4.12. The van der Waals surface area contributed by atoms with E-state index in [4.69, 9.17) is 13.9 Å². The molecular weight excluding hydrogens is 508 g/mol. The lowest BCUT2D eigenvalue weighted by Crippen LogP contribution is -2.40. The molecule has 0 spiro atoms. The number of ether oxygens (including phenoxy) is 2. The molecule has 1 atom stereocenters. The van der Waals surface area contributed by atoms with E-state index in [-0.39, 0.29) is 12.1 Å². The van der Waals surface area contributed by atoms with Gasteiger partial charge in [-0.1, -0.05) is 6.92 Å². The summed E-state index contributed by atoms with van der Waals surface area (Å²) in [5.41, 5.74) is 4.77. The van der Waals surface area contributed by atoms with Gasteiger partial charge in [-0.2, -0.15) is 0 Å². The predicted octanol–water partition coefficient (Wildman–Crippen LogP) is 4.38. The molecule has 3 aromatic rings. The van der Waals surface area contributed by atoms with Gasteiger partial charge in [0.05, 0.1) is 19.2 Å². The highest BCUT2D eigenvalue weighted by molar-refractivity contribution is 5.88. The lowest BCUT2D eigenvalue weighted by molar-refractivity contribution is 0.0846. The fraction of sp³-hybridized carbons (Fsp3) is 0.581. The summed E-state index contributed by atoms with van der Waals surface area (Å²) in [6.45, 7) is 11.6. The van der Waals surface area contributed by atoms with Crippen LogP contribution in [0.5, 0.6) is 5.75 Å². The maximum Gasteiger partial charge on any atom is 0.256 e. The van der Waals surface area contributed by atoms with Gasteiger partial charge in [-0.05, 0) is 76.7 Å². The molecule has 9 nitrogen and oxygen atoms in total. The number of likely N-dealkylation sites (tertiary alicyclic amines) is 1. The van der Waals surface area contributed by atoms with E-state index in [9.17, 15) is 9.90 Å². The van der Waals surface area contributed by atoms with Crippen molar-refractivity contribution >= 4 is 16.7 Å². The number of aromatic nitrogens is 1. The average molecular weight is 553 g/mol. The van der Waals surface area contributed by atoms with Gasteiger partial charge >= 0.3 is 0 Å². The molecule has 9 heteroatoms. The fourth-order valence-electron chi connectivity index (χ4n) is 6.43. The maximum atomic E-state index is 12.7. The van der Waals surface area contributed by atoms with Crippen LogP contribution in [0.1, 0.15) is 73.9 Å². The molecule has 2 saturated heterocycles. The zero-order chi connectivity index (χ0) is 28.2. The molecule has 5 rings (SSSR count). The van der Waals surface area contributed by atoms with Crippen LogP contribution in [0.2, 0.25) is 0 Å². The van der Waals surface area contributed by atoms with E-state index in [1.54, 1.807) is 13.2 Å². The van der Waals surface area contributed by atoms with Crippen LogP contribution in [0.4, 0.5) is 5.69 Å². The Morgan fingerprint density at radius 2 is 1.93 bits per heavy atom. The number of fused-ring (bicyclic) bond motifs is 1. The van der Waals surface area contributed by atoms with Crippen molar-refractivity contribution in [1.82, 2.24) is 15.2 Å². The van der Waals surface area contributed by atoms with Crippen LogP contribution in [0.15, 0.2) is 27.4 Å². The van der Waals surface area contributed by atoms with Gasteiger partial charge in [-0.15, -0.1) is 0 Å². The average Bonchev–Trinajstić information content (AvgIpc) is 3.61. The summed E-state index contributed by atoms with van der Waals surface area (Å²) in [5.74, 6) is 1.42. The normalized spacial score (nSPS) is 17.5. The number of benzene rings is 1. The number of pyridine rings is 1. The number of hydrogen-bond acceptors (Lipinski definition) is 8. The molecule has 2 aliphatic heterocycles. The zero-order valence-electron chi connectivity index (χ0n) is 24.3. The van der Waals surface area contributed by atoms with Gasteiger partial charge in [0.25, 0.3) is 5.56 Å². The number of aryl methyl sites for hydroxylation is 1. The number of nitrogens with one attached hydrogen (secondary N) is 2. The topological polar surface area (TPSA) is 103 Å². The molecule has 0 radical (unpaired) electrons. The molecule has 3 N–H and O–H groups in total. The Labute approximate surface area is 236 Å². The zero-order valence-corrected chi connectivity index (χ0v) is 24.3. The Morgan fingerprint density at radius 1 is 1.18 bits per heavy atom. The summed E-state index contributed by atoms with van der Waals surface area (Å²) in [5, 5.41) is 15.9. The summed E-state index contributed by atoms with van der Waals surface area (Å²) in [7, 11) is 1.55. The Balaban J connectivity index is 1.56. The van der Waals surface area contributed by atoms with Crippen LogP contribution in [-0.2, 0) is 24.2 Å². The van der Waals surface area contributed by atoms with Gasteiger partial charge in [-0.3, -0.25) is 15.0 Å². The second-order valence-corrected chi connectivity index (χ2v) is 11.0. The Hall–Kier alpha value is -2.85. The van der Waals surface area contributed by atoms with Gasteiger partial charge < -0.3 is 28.9 Å². The summed E-state index contributed by atoms with van der Waals surface area (Å²) < 4.78 is 17.6. The number of H-pyrrole nitrogens is 1. The Morgan fingerprint density at radius 3 is 2.60 bits per heavy atom. The number of anilines is 1. The molecule has 1 unspecified atom stereocenters. The van der Waals surface area contributed by atoms with Crippen LogP contribution >= 0.6 is 0 Å². The smallest absolute Gasteiger partial charge is 0.256 e. The van der Waals surface area contributed by atoms with E-state index in [1.165, 1.54) is 12.8 Å². The fourth-order valence-corrected chi connectivity index (χ4v) is 6.43. The number of furan rings is 1. The number of hydrogen-bond donors (Lipinski definition) is 3. The molecule has 2 aliphatic rings. The highest BCUT2D eigenvalue weighted by atomic mass is 16.5. The van der Waals surface area contributed by atoms with Crippen molar-refractivity contribution in [2.24, 2.45) is 0 Å². The van der Waals surface area contributed by atoms with Crippen molar-refractivity contribution in [3.05, 3.63) is 56.7 Å². The van der Waals surface area contributed by atoms with Crippen LogP contribution < -0.4 is 20.5 Å². The van der Waals surface area contributed by atoms with Crippen LogP contribution in [-0.4, -0.2) is 61.0 Å². The molecule has 0 amide bonds. The standard InChI is InChI=1S/C31H44N4O5/c1-5-23-26(35(6-2)21-9-13-39-14-10-21)17-28-24(16-22(40-28)19-34-11-7-8-12-34)29(23)31(37)32-18-25-27(38-4)15-20(3)33-30(25)36/h15-17,21,31-32,37H,5-14,18-19H2,1-4H3,(H,33,36). The molecule has 2 fully saturated rings. The van der Waals surface area contributed by atoms with Crippen molar-refractivity contribution in [3.8, 4) is 5.75 Å². The summed E-state index contributed by atoms with van der Waals surface area (Å²) in [4.78, 5) is 20.4. The van der Waals surface area contributed by atoms with Crippen LogP contribution in [0.3, 0.4) is 0 Å². The van der Waals surface area contributed by atoms with Crippen molar-refractivity contribution in [2.45, 2.75) is 78.2 Å². The Bertz CT molecular complexity index is 1350. The first kappa shape index (κ1) is 28.7. The van der Waals surface area contributed by atoms with Gasteiger partial charge in [0.15, 0.2) is 0 Å². The first-order valence-electron chi connectivity index (χ1n) is 14.8. The van der Waals surface area contributed by atoms with E-state index < -0.39 is 6.23 Å². The number of methoxy groups -OCH3 is 1. The van der Waals surface area contributed by atoms with E-state index in [2.05, 4.69) is 46.1 Å². The quantitative estimate of drug-likeness (QED) is 0.301. The number of aliphatic hydroxyl groups is 1. The molecule has 0 aliphatic carbocycles. The van der Waals surface area contributed by atoms with E-state index in [0.717, 1.165) is 97.9 Å². The third-order valence-electron chi connectivity index (χ3n) is 8.41. The highest BCUT2D eigenvalue weighted by Crippen LogP contribution is 2.39. The predicted molar refractivity (Wildman–Crippen MR) is 157 cm³/mol. The van der Waals surface area contributed by atoms with E-state index >= 15 is 0 Å². The molecule has 40 heavy (non-hydrogen) atoms. The minimum atomic E-state index is -1.01. The molecular formula is C31H44N4O5. The lowest BCUT2D eigenvalue weighted by atomic mass is 9.95. The second-order valence-electron chi connectivity index (χ2n) is 11.0. The number of aromatic amines is 1. The third-order valence-corrected chi connectivity index (χ3v) is 8.41. The largest absolute Gasteiger partial charge is 0.496 e. The molecule has 0 saturated carbocycles. The van der Waals surface area contributed by atoms with Crippen molar-refractivity contribution in [1.29, 1.82) is 0 Å². The van der Waals surface area contributed by atoms with Crippen LogP contribution in [0, 0.1) is 6.92 Å². The SMILES string of the molecule is CCc1c(N(CC)C2CCOCC2)cc2oc(CN3CCCC3)cc2c1C(O)NCc1c(OC)cc(C)[nH]c1=O. The maximum absolute atomic E-state index is 12.7. The van der Waals surface area contributed by atoms with Gasteiger partial charge in [0.1, 0.15) is 23.3 Å². The highest BCUT2D eigenvalue weighted by Gasteiger charge is 2.28. The van der Waals surface area contributed by atoms with Crippen molar-refractivity contribution in [2.75, 3.05) is 44.9 Å². The minimum Gasteiger partial charge on any atom is -0.496 e. The van der Waals surface area contributed by atoms with E-state index in [1.807, 2.05) is 6.92 Å². The number of aliphatic hydroxyl groups excluding tert-OH is 1. The molecule has 0 bridgehead atoms. The first-order chi connectivity index (χ1) is 19.4. The number of nitrogens with zero attached hydrogens (tertiary/aromatic N) is 2. The third kappa shape index (κ3) is 5.93. The van der Waals surface area contributed by atoms with Crippen LogP contribution in [0.25, 0.3) is 11.0 Å². The Kier molecular flexibility index (Phi) is 9.15. The summed E-state index contributed by atoms with van der Waals surface area (Å²) in [6, 6.07) is 6.44. The molecule has 1 aromatic carbocycles. The lowest BCUT2D eigenvalue weighted by Gasteiger charge is -2.37. The molecule has 4 heterocycles. The van der Waals surface area contributed by atoms with E-state index in [0.29, 0.717) is 17.4 Å². The van der Waals surface area contributed by atoms with Gasteiger partial charge in [-0.25, -0.2) is 0 Å². The first-order valence-corrected chi connectivity index (χ1v) is 14.8. The summed E-state index contributed by atoms with van der Waals surface area (Å²) >= 11 is 0. The van der Waals surface area contributed by atoms with Gasteiger partial charge in [0, 0.05) is 60.7 Å². The second kappa shape index (κ2) is 12.8. The van der Waals surface area contributed by atoms with Gasteiger partial charge in [0.2, 0.25) is 0 Å². The molecule has 218 valence electrons. The minimum absolute atomic E-state index is 0.158. The monoisotopic (exact) mass is 552 g/mol.